The molecule has 14 heavy (non-hydrogen) atoms. The van der Waals surface area contributed by atoms with E-state index >= 15 is 0 Å². The van der Waals surface area contributed by atoms with Gasteiger partial charge in [0.25, 0.3) is 0 Å². The van der Waals surface area contributed by atoms with Crippen LogP contribution in [0.25, 0.3) is 10.1 Å². The van der Waals surface area contributed by atoms with E-state index in [1.807, 2.05) is 27.7 Å². The van der Waals surface area contributed by atoms with Gasteiger partial charge in [0.1, 0.15) is 0 Å². The van der Waals surface area contributed by atoms with Gasteiger partial charge in [0.2, 0.25) is 0 Å². The largest absolute Gasteiger partial charge is 0.144 e. The standard InChI is InChI=1S/C9H8S.2C2H6/c1-7-3-2-4-9-8(7)5-6-10-9;2*1-2/h2-6H,1H3;2*1-2H3. The van der Waals surface area contributed by atoms with Crippen molar-refractivity contribution in [3.8, 4) is 0 Å². The van der Waals surface area contributed by atoms with Gasteiger partial charge < -0.3 is 0 Å². The van der Waals surface area contributed by atoms with Gasteiger partial charge >= 0.3 is 0 Å². The third-order valence-electron chi connectivity index (χ3n) is 1.71. The van der Waals surface area contributed by atoms with Crippen LogP contribution in [-0.4, -0.2) is 0 Å². The Morgan fingerprint density at radius 3 is 2.14 bits per heavy atom. The van der Waals surface area contributed by atoms with Crippen LogP contribution in [0.3, 0.4) is 0 Å². The predicted molar refractivity (Wildman–Crippen MR) is 69.3 cm³/mol. The quantitative estimate of drug-likeness (QED) is 0.554. The Kier molecular flexibility index (Phi) is 7.13. The number of fused-ring (bicyclic) bond motifs is 1. The van der Waals surface area contributed by atoms with Gasteiger partial charge in [-0.1, -0.05) is 39.8 Å². The van der Waals surface area contributed by atoms with Gasteiger partial charge in [-0.15, -0.1) is 11.3 Å². The first-order valence-corrected chi connectivity index (χ1v) is 6.19. The molecule has 0 aliphatic rings. The Morgan fingerprint density at radius 2 is 1.57 bits per heavy atom. The normalized spacial score (nSPS) is 8.36. The van der Waals surface area contributed by atoms with Gasteiger partial charge in [0.05, 0.1) is 0 Å². The van der Waals surface area contributed by atoms with Gasteiger partial charge in [-0.05, 0) is 35.4 Å². The van der Waals surface area contributed by atoms with Crippen molar-refractivity contribution in [2.24, 2.45) is 0 Å². The first kappa shape index (κ1) is 13.2. The number of aryl methyl sites for hydroxylation is 1. The van der Waals surface area contributed by atoms with Crippen LogP contribution in [0.1, 0.15) is 33.3 Å². The van der Waals surface area contributed by atoms with Crippen LogP contribution in [-0.2, 0) is 0 Å². The van der Waals surface area contributed by atoms with Crippen molar-refractivity contribution in [2.45, 2.75) is 34.6 Å². The summed E-state index contributed by atoms with van der Waals surface area (Å²) >= 11 is 1.80. The molecule has 0 bridgehead atoms. The van der Waals surface area contributed by atoms with E-state index < -0.39 is 0 Å². The van der Waals surface area contributed by atoms with E-state index in [0.29, 0.717) is 0 Å². The molecular weight excluding hydrogens is 188 g/mol. The highest BCUT2D eigenvalue weighted by atomic mass is 32.1. The molecule has 0 saturated heterocycles. The molecule has 1 aromatic carbocycles. The fourth-order valence-corrected chi connectivity index (χ4v) is 2.01. The molecule has 78 valence electrons. The zero-order valence-electron chi connectivity index (χ0n) is 9.79. The predicted octanol–water partition coefficient (Wildman–Crippen LogP) is 5.26. The maximum absolute atomic E-state index is 2.18. The first-order valence-electron chi connectivity index (χ1n) is 5.31. The maximum atomic E-state index is 2.18. The second-order valence-corrected chi connectivity index (χ2v) is 3.36. The Hall–Kier alpha value is -0.820. The molecular formula is C13H20S. The summed E-state index contributed by atoms with van der Waals surface area (Å²) in [6, 6.07) is 8.59. The lowest BCUT2D eigenvalue weighted by atomic mass is 10.2. The Balaban J connectivity index is 0.000000379. The summed E-state index contributed by atoms with van der Waals surface area (Å²) in [6.07, 6.45) is 0. The lowest BCUT2D eigenvalue weighted by Gasteiger charge is -1.91. The number of hydrogen-bond donors (Lipinski definition) is 0. The lowest BCUT2D eigenvalue weighted by Crippen LogP contribution is -1.68. The minimum Gasteiger partial charge on any atom is -0.144 e. The fraction of sp³-hybridized carbons (Fsp3) is 0.385. The molecule has 0 atom stereocenters. The molecule has 0 aliphatic carbocycles. The molecule has 0 aliphatic heterocycles. The van der Waals surface area contributed by atoms with Crippen molar-refractivity contribution >= 4 is 21.4 Å². The zero-order valence-corrected chi connectivity index (χ0v) is 10.6. The van der Waals surface area contributed by atoms with Crippen LogP contribution in [0.2, 0.25) is 0 Å². The average molecular weight is 208 g/mol. The second kappa shape index (κ2) is 7.57. The molecule has 0 N–H and O–H groups in total. The molecule has 0 unspecified atom stereocenters. The minimum absolute atomic E-state index is 1.37. The van der Waals surface area contributed by atoms with E-state index in [9.17, 15) is 0 Å². The second-order valence-electron chi connectivity index (χ2n) is 2.41. The highest BCUT2D eigenvalue weighted by molar-refractivity contribution is 7.17. The summed E-state index contributed by atoms with van der Waals surface area (Å²) < 4.78 is 1.39. The van der Waals surface area contributed by atoms with Crippen LogP contribution in [0.15, 0.2) is 29.6 Å². The van der Waals surface area contributed by atoms with Crippen molar-refractivity contribution < 1.29 is 0 Å². The topological polar surface area (TPSA) is 0 Å². The van der Waals surface area contributed by atoms with Crippen molar-refractivity contribution in [3.05, 3.63) is 35.2 Å². The number of thiophene rings is 1. The molecule has 2 aromatic rings. The summed E-state index contributed by atoms with van der Waals surface area (Å²) in [5.41, 5.74) is 1.37. The van der Waals surface area contributed by atoms with E-state index in [1.165, 1.54) is 15.6 Å². The van der Waals surface area contributed by atoms with E-state index in [2.05, 4.69) is 36.6 Å². The van der Waals surface area contributed by atoms with Crippen molar-refractivity contribution in [3.63, 3.8) is 0 Å². The van der Waals surface area contributed by atoms with Crippen LogP contribution >= 0.6 is 11.3 Å². The van der Waals surface area contributed by atoms with Gasteiger partial charge in [-0.3, -0.25) is 0 Å². The molecule has 0 amide bonds. The van der Waals surface area contributed by atoms with Gasteiger partial charge in [0, 0.05) is 4.70 Å². The van der Waals surface area contributed by atoms with E-state index in [4.69, 9.17) is 0 Å². The fourth-order valence-electron chi connectivity index (χ4n) is 1.15. The molecule has 0 fully saturated rings. The van der Waals surface area contributed by atoms with Crippen molar-refractivity contribution in [1.29, 1.82) is 0 Å². The summed E-state index contributed by atoms with van der Waals surface area (Å²) in [4.78, 5) is 0. The molecule has 0 saturated carbocycles. The average Bonchev–Trinajstić information content (AvgIpc) is 2.73. The molecule has 2 rings (SSSR count). The molecule has 0 spiro atoms. The Bertz CT molecular complexity index is 347. The zero-order chi connectivity index (χ0) is 11.0. The van der Waals surface area contributed by atoms with Crippen molar-refractivity contribution in [2.75, 3.05) is 0 Å². The van der Waals surface area contributed by atoms with Crippen LogP contribution in [0.5, 0.6) is 0 Å². The molecule has 1 heteroatoms. The minimum atomic E-state index is 1.37. The highest BCUT2D eigenvalue weighted by Gasteiger charge is 1.94. The van der Waals surface area contributed by atoms with Crippen molar-refractivity contribution in [1.82, 2.24) is 0 Å². The number of benzene rings is 1. The highest BCUT2D eigenvalue weighted by Crippen LogP contribution is 2.22. The third kappa shape index (κ3) is 3.15. The smallest absolute Gasteiger partial charge is 0.0345 e. The summed E-state index contributed by atoms with van der Waals surface area (Å²) in [5.74, 6) is 0. The number of hydrogen-bond acceptors (Lipinski definition) is 1. The monoisotopic (exact) mass is 208 g/mol. The number of rotatable bonds is 0. The maximum Gasteiger partial charge on any atom is 0.0345 e. The lowest BCUT2D eigenvalue weighted by molar-refractivity contribution is 1.50. The molecule has 0 radical (unpaired) electrons. The third-order valence-corrected chi connectivity index (χ3v) is 2.60. The van der Waals surface area contributed by atoms with Crippen LogP contribution < -0.4 is 0 Å². The van der Waals surface area contributed by atoms with Gasteiger partial charge in [0.15, 0.2) is 0 Å². The van der Waals surface area contributed by atoms with E-state index in [0.717, 1.165) is 0 Å². The Morgan fingerprint density at radius 1 is 0.929 bits per heavy atom. The van der Waals surface area contributed by atoms with Crippen LogP contribution in [0.4, 0.5) is 0 Å². The van der Waals surface area contributed by atoms with Gasteiger partial charge in [-0.2, -0.15) is 0 Å². The van der Waals surface area contributed by atoms with E-state index in [1.54, 1.807) is 11.3 Å². The van der Waals surface area contributed by atoms with Crippen LogP contribution in [0, 0.1) is 6.92 Å². The van der Waals surface area contributed by atoms with E-state index in [-0.39, 0.29) is 0 Å². The molecule has 0 nitrogen and oxygen atoms in total. The molecule has 1 heterocycles. The Labute approximate surface area is 91.6 Å². The SMILES string of the molecule is CC.CC.Cc1cccc2sccc12. The first-order chi connectivity index (χ1) is 6.88. The summed E-state index contributed by atoms with van der Waals surface area (Å²) in [5, 5.41) is 3.53. The van der Waals surface area contributed by atoms with Gasteiger partial charge in [-0.25, -0.2) is 0 Å². The molecule has 1 aromatic heterocycles. The summed E-state index contributed by atoms with van der Waals surface area (Å²) in [6.45, 7) is 10.1. The summed E-state index contributed by atoms with van der Waals surface area (Å²) in [7, 11) is 0.